The predicted molar refractivity (Wildman–Crippen MR) is 147 cm³/mol. The molecule has 0 spiro atoms. The molecule has 0 aliphatic heterocycles. The first-order chi connectivity index (χ1) is 18.8. The first-order valence-electron chi connectivity index (χ1n) is 14.2. The Bertz CT molecular complexity index is 1050. The van der Waals surface area contributed by atoms with Gasteiger partial charge in [0.2, 0.25) is 0 Å². The standard InChI is InChI=1S/C32H41F3O4/c1-3-5-14-29(32(33,34)35)30(37-4-2)15-10-7-11-20-38-31(36)27-17-16-26-22-28(19-18-25(26)21-27)39-23-24-12-8-6-9-13-24/h6,8-9,12-13,18-19,21-22,29-30H,3-5,7,10-11,14-17,20,23H2,1-2H3/t29?,30-/m1/s1. The van der Waals surface area contributed by atoms with Gasteiger partial charge >= 0.3 is 12.1 Å². The second-order valence-corrected chi connectivity index (χ2v) is 10.1. The summed E-state index contributed by atoms with van der Waals surface area (Å²) in [6.07, 6.45) is 1.75. The van der Waals surface area contributed by atoms with E-state index in [4.69, 9.17) is 14.2 Å². The lowest BCUT2D eigenvalue weighted by Crippen LogP contribution is -2.36. The third-order valence-corrected chi connectivity index (χ3v) is 7.10. The van der Waals surface area contributed by atoms with Crippen LogP contribution in [0, 0.1) is 5.92 Å². The van der Waals surface area contributed by atoms with Crippen molar-refractivity contribution in [3.8, 4) is 5.75 Å². The highest BCUT2D eigenvalue weighted by molar-refractivity contribution is 5.94. The quantitative estimate of drug-likeness (QED) is 0.156. The summed E-state index contributed by atoms with van der Waals surface area (Å²) < 4.78 is 57.6. The summed E-state index contributed by atoms with van der Waals surface area (Å²) in [6.45, 7) is 4.65. The van der Waals surface area contributed by atoms with Crippen molar-refractivity contribution in [3.05, 3.63) is 70.8 Å². The summed E-state index contributed by atoms with van der Waals surface area (Å²) in [6, 6.07) is 15.9. The van der Waals surface area contributed by atoms with Gasteiger partial charge in [-0.25, -0.2) is 4.79 Å². The van der Waals surface area contributed by atoms with Crippen molar-refractivity contribution in [2.24, 2.45) is 5.92 Å². The molecular weight excluding hydrogens is 505 g/mol. The van der Waals surface area contributed by atoms with Gasteiger partial charge < -0.3 is 14.2 Å². The van der Waals surface area contributed by atoms with Gasteiger partial charge in [0.15, 0.2) is 0 Å². The summed E-state index contributed by atoms with van der Waals surface area (Å²) in [5.41, 5.74) is 3.87. The fourth-order valence-corrected chi connectivity index (χ4v) is 4.94. The number of carbonyl (C=O) groups is 1. The van der Waals surface area contributed by atoms with Crippen LogP contribution < -0.4 is 4.74 Å². The molecule has 0 bridgehead atoms. The van der Waals surface area contributed by atoms with Crippen LogP contribution in [0.25, 0.3) is 6.08 Å². The van der Waals surface area contributed by atoms with Crippen LogP contribution in [-0.2, 0) is 27.3 Å². The van der Waals surface area contributed by atoms with Gasteiger partial charge in [-0.05, 0) is 80.3 Å². The molecule has 3 rings (SSSR count). The largest absolute Gasteiger partial charge is 0.489 e. The first kappa shape index (κ1) is 30.7. The second kappa shape index (κ2) is 15.7. The molecule has 39 heavy (non-hydrogen) atoms. The average Bonchev–Trinajstić information content (AvgIpc) is 2.93. The van der Waals surface area contributed by atoms with Gasteiger partial charge in [-0.15, -0.1) is 0 Å². The van der Waals surface area contributed by atoms with Crippen molar-refractivity contribution in [1.29, 1.82) is 0 Å². The molecule has 214 valence electrons. The summed E-state index contributed by atoms with van der Waals surface area (Å²) in [5.74, 6) is -0.952. The van der Waals surface area contributed by atoms with Crippen LogP contribution in [0.2, 0.25) is 0 Å². The van der Waals surface area contributed by atoms with E-state index in [1.165, 1.54) is 0 Å². The number of halogens is 3. The van der Waals surface area contributed by atoms with Crippen LogP contribution >= 0.6 is 0 Å². The van der Waals surface area contributed by atoms with Crippen molar-refractivity contribution in [2.45, 2.75) is 90.5 Å². The molecule has 7 heteroatoms. The molecule has 0 heterocycles. The van der Waals surface area contributed by atoms with Crippen LogP contribution in [0.5, 0.6) is 5.75 Å². The van der Waals surface area contributed by atoms with E-state index in [9.17, 15) is 18.0 Å². The summed E-state index contributed by atoms with van der Waals surface area (Å²) >= 11 is 0. The molecule has 0 saturated carbocycles. The van der Waals surface area contributed by atoms with Crippen LogP contribution in [0.3, 0.4) is 0 Å². The molecule has 4 nitrogen and oxygen atoms in total. The molecule has 0 N–H and O–H groups in total. The third-order valence-electron chi connectivity index (χ3n) is 7.10. The topological polar surface area (TPSA) is 44.8 Å². The normalized spacial score (nSPS) is 14.7. The Morgan fingerprint density at radius 1 is 0.949 bits per heavy atom. The van der Waals surface area contributed by atoms with E-state index in [0.717, 1.165) is 35.3 Å². The maximum Gasteiger partial charge on any atom is 0.394 e. The lowest BCUT2D eigenvalue weighted by atomic mass is 9.91. The zero-order chi connectivity index (χ0) is 28.1. The Morgan fingerprint density at radius 3 is 2.46 bits per heavy atom. The Balaban J connectivity index is 1.41. The summed E-state index contributed by atoms with van der Waals surface area (Å²) in [5, 5.41) is 0. The van der Waals surface area contributed by atoms with E-state index in [2.05, 4.69) is 0 Å². The molecule has 0 radical (unpaired) electrons. The highest BCUT2D eigenvalue weighted by atomic mass is 19.4. The molecule has 2 aromatic carbocycles. The second-order valence-electron chi connectivity index (χ2n) is 10.1. The van der Waals surface area contributed by atoms with Gasteiger partial charge in [0.1, 0.15) is 12.4 Å². The van der Waals surface area contributed by atoms with Crippen molar-refractivity contribution >= 4 is 12.0 Å². The molecular formula is C32H41F3O4. The highest BCUT2D eigenvalue weighted by Crippen LogP contribution is 2.36. The SMILES string of the molecule is CCCCC([C@@H](CCCCCOC(=O)C1=Cc2ccc(OCc3ccccc3)cc2CC1)OCC)C(F)(F)F. The number of aryl methyl sites for hydroxylation is 1. The molecule has 1 unspecified atom stereocenters. The predicted octanol–water partition coefficient (Wildman–Crippen LogP) is 8.47. The molecule has 0 saturated heterocycles. The number of fused-ring (bicyclic) bond motifs is 1. The fraction of sp³-hybridized carbons (Fsp3) is 0.531. The van der Waals surface area contributed by atoms with Crippen LogP contribution in [0.15, 0.2) is 54.1 Å². The van der Waals surface area contributed by atoms with Gasteiger partial charge in [0.05, 0.1) is 18.6 Å². The Labute approximate surface area is 230 Å². The fourth-order valence-electron chi connectivity index (χ4n) is 4.94. The van der Waals surface area contributed by atoms with Gasteiger partial charge in [0, 0.05) is 12.2 Å². The zero-order valence-electron chi connectivity index (χ0n) is 23.1. The van der Waals surface area contributed by atoms with E-state index in [0.29, 0.717) is 50.7 Å². The molecule has 0 aromatic heterocycles. The average molecular weight is 547 g/mol. The zero-order valence-corrected chi connectivity index (χ0v) is 23.1. The monoisotopic (exact) mass is 546 g/mol. The van der Waals surface area contributed by atoms with E-state index < -0.39 is 18.2 Å². The van der Waals surface area contributed by atoms with Crippen molar-refractivity contribution in [1.82, 2.24) is 0 Å². The minimum Gasteiger partial charge on any atom is -0.489 e. The van der Waals surface area contributed by atoms with Crippen LogP contribution in [0.1, 0.15) is 81.9 Å². The number of carbonyl (C=O) groups excluding carboxylic acids is 1. The molecule has 1 aliphatic rings. The minimum absolute atomic E-state index is 0.0997. The van der Waals surface area contributed by atoms with Crippen molar-refractivity contribution < 1.29 is 32.2 Å². The Hall–Kier alpha value is -2.80. The highest BCUT2D eigenvalue weighted by Gasteiger charge is 2.44. The van der Waals surface area contributed by atoms with Crippen LogP contribution in [-0.4, -0.2) is 31.5 Å². The van der Waals surface area contributed by atoms with Gasteiger partial charge in [-0.3, -0.25) is 0 Å². The van der Waals surface area contributed by atoms with E-state index >= 15 is 0 Å². The number of alkyl halides is 3. The maximum atomic E-state index is 13.6. The Morgan fingerprint density at radius 2 is 1.74 bits per heavy atom. The molecule has 2 aromatic rings. The summed E-state index contributed by atoms with van der Waals surface area (Å²) in [4.78, 5) is 12.6. The van der Waals surface area contributed by atoms with Gasteiger partial charge in [0.25, 0.3) is 0 Å². The molecule has 2 atom stereocenters. The minimum atomic E-state index is -4.26. The first-order valence-corrected chi connectivity index (χ1v) is 14.2. The summed E-state index contributed by atoms with van der Waals surface area (Å²) in [7, 11) is 0. The molecule has 1 aliphatic carbocycles. The third kappa shape index (κ3) is 10.0. The number of benzene rings is 2. The number of rotatable bonds is 16. The number of esters is 1. The van der Waals surface area contributed by atoms with Crippen molar-refractivity contribution in [3.63, 3.8) is 0 Å². The van der Waals surface area contributed by atoms with E-state index in [-0.39, 0.29) is 25.6 Å². The number of hydrogen-bond donors (Lipinski definition) is 0. The maximum absolute atomic E-state index is 13.6. The Kier molecular flexibility index (Phi) is 12.4. The van der Waals surface area contributed by atoms with Crippen molar-refractivity contribution in [2.75, 3.05) is 13.2 Å². The lowest BCUT2D eigenvalue weighted by molar-refractivity contribution is -0.210. The lowest BCUT2D eigenvalue weighted by Gasteiger charge is -2.29. The van der Waals surface area contributed by atoms with Gasteiger partial charge in [-0.1, -0.05) is 62.6 Å². The van der Waals surface area contributed by atoms with E-state index in [1.807, 2.05) is 61.5 Å². The molecule has 0 amide bonds. The number of ether oxygens (including phenoxy) is 3. The number of hydrogen-bond acceptors (Lipinski definition) is 4. The smallest absolute Gasteiger partial charge is 0.394 e. The van der Waals surface area contributed by atoms with Gasteiger partial charge in [-0.2, -0.15) is 13.2 Å². The molecule has 0 fully saturated rings. The van der Waals surface area contributed by atoms with E-state index in [1.54, 1.807) is 6.92 Å². The number of unbranched alkanes of at least 4 members (excludes halogenated alkanes) is 3. The van der Waals surface area contributed by atoms with Crippen LogP contribution in [0.4, 0.5) is 13.2 Å².